The quantitative estimate of drug-likeness (QED) is 0.908. The molecule has 1 aromatic carbocycles. The number of methoxy groups -OCH3 is 2. The van der Waals surface area contributed by atoms with Crippen molar-refractivity contribution < 1.29 is 14.6 Å². The molecule has 0 fully saturated rings. The van der Waals surface area contributed by atoms with Gasteiger partial charge in [0.2, 0.25) is 0 Å². The van der Waals surface area contributed by atoms with Gasteiger partial charge >= 0.3 is 0 Å². The first-order valence-electron chi connectivity index (χ1n) is 6.29. The first kappa shape index (κ1) is 15.4. The number of aliphatic hydroxyl groups excluding tert-OH is 1. The molecule has 5 nitrogen and oxygen atoms in total. The van der Waals surface area contributed by atoms with E-state index in [1.165, 1.54) is 14.2 Å². The lowest BCUT2D eigenvalue weighted by Gasteiger charge is -2.17. The molecular weight excluding hydrogens is 292 g/mol. The highest BCUT2D eigenvalue weighted by Gasteiger charge is 2.19. The maximum absolute atomic E-state index is 10.5. The minimum absolute atomic E-state index is 0.277. The number of aliphatic hydroxyl groups is 1. The van der Waals surface area contributed by atoms with Crippen LogP contribution < -0.4 is 15.2 Å². The summed E-state index contributed by atoms with van der Waals surface area (Å²) in [6.45, 7) is 1.88. The van der Waals surface area contributed by atoms with Gasteiger partial charge < -0.3 is 20.3 Å². The Morgan fingerprint density at radius 3 is 2.57 bits per heavy atom. The van der Waals surface area contributed by atoms with Gasteiger partial charge in [0.15, 0.2) is 11.5 Å². The summed E-state index contributed by atoms with van der Waals surface area (Å²) in [6.07, 6.45) is 0.697. The van der Waals surface area contributed by atoms with E-state index in [1.54, 1.807) is 24.4 Å². The van der Waals surface area contributed by atoms with E-state index < -0.39 is 6.10 Å². The second kappa shape index (κ2) is 6.20. The van der Waals surface area contributed by atoms with Crippen LogP contribution in [0, 0.1) is 6.92 Å². The molecule has 1 atom stereocenters. The van der Waals surface area contributed by atoms with Gasteiger partial charge in [-0.2, -0.15) is 0 Å². The van der Waals surface area contributed by atoms with Crippen LogP contribution in [0.2, 0.25) is 5.02 Å². The molecular formula is C15H17ClN2O3. The molecule has 0 amide bonds. The normalized spacial score (nSPS) is 12.0. The third kappa shape index (κ3) is 3.04. The molecule has 0 spiro atoms. The minimum atomic E-state index is -0.949. The number of hydrogen-bond acceptors (Lipinski definition) is 5. The van der Waals surface area contributed by atoms with Crippen LogP contribution in [0.1, 0.15) is 22.8 Å². The van der Waals surface area contributed by atoms with Gasteiger partial charge in [-0.25, -0.2) is 4.98 Å². The lowest BCUT2D eigenvalue weighted by Crippen LogP contribution is -2.07. The highest BCUT2D eigenvalue weighted by molar-refractivity contribution is 6.32. The van der Waals surface area contributed by atoms with Crippen LogP contribution in [-0.4, -0.2) is 24.3 Å². The Labute approximate surface area is 128 Å². The van der Waals surface area contributed by atoms with Gasteiger partial charge in [-0.1, -0.05) is 11.6 Å². The van der Waals surface area contributed by atoms with Crippen LogP contribution in [0.5, 0.6) is 11.5 Å². The number of ether oxygens (including phenoxy) is 2. The van der Waals surface area contributed by atoms with E-state index in [0.717, 1.165) is 5.56 Å². The number of halogens is 1. The van der Waals surface area contributed by atoms with E-state index in [-0.39, 0.29) is 5.82 Å². The van der Waals surface area contributed by atoms with Crippen molar-refractivity contribution in [1.82, 2.24) is 4.98 Å². The van der Waals surface area contributed by atoms with Gasteiger partial charge in [0.05, 0.1) is 19.2 Å². The average molecular weight is 309 g/mol. The second-order valence-electron chi connectivity index (χ2n) is 4.63. The standard InChI is InChI=1S/C15H17ClN2O3/c1-8-4-10(15(17)18-7-8)13(19)9-5-11(16)14(21-3)12(6-9)20-2/h4-7,13,19H,1-3H3,(H2,17,18). The van der Waals surface area contributed by atoms with E-state index in [2.05, 4.69) is 4.98 Å². The van der Waals surface area contributed by atoms with Gasteiger partial charge in [0, 0.05) is 11.8 Å². The second-order valence-corrected chi connectivity index (χ2v) is 5.04. The molecule has 0 bridgehead atoms. The number of nitrogen functional groups attached to an aromatic ring is 1. The third-order valence-electron chi connectivity index (χ3n) is 3.15. The summed E-state index contributed by atoms with van der Waals surface area (Å²) in [5, 5.41) is 10.9. The largest absolute Gasteiger partial charge is 0.493 e. The van der Waals surface area contributed by atoms with Crippen LogP contribution in [0.4, 0.5) is 5.82 Å². The van der Waals surface area contributed by atoms with E-state index in [1.807, 2.05) is 6.92 Å². The number of aromatic nitrogens is 1. The fourth-order valence-corrected chi connectivity index (χ4v) is 2.39. The molecule has 0 saturated heterocycles. The van der Waals surface area contributed by atoms with Crippen LogP contribution in [-0.2, 0) is 0 Å². The van der Waals surface area contributed by atoms with Gasteiger partial charge in [-0.15, -0.1) is 0 Å². The Morgan fingerprint density at radius 1 is 1.24 bits per heavy atom. The SMILES string of the molecule is COc1cc(C(O)c2cc(C)cnc2N)cc(Cl)c1OC. The molecule has 112 valence electrons. The molecule has 0 aliphatic rings. The molecule has 2 rings (SSSR count). The van der Waals surface area contributed by atoms with Crippen molar-refractivity contribution in [2.75, 3.05) is 20.0 Å². The molecule has 1 unspecified atom stereocenters. The maximum Gasteiger partial charge on any atom is 0.179 e. The molecule has 0 saturated carbocycles. The van der Waals surface area contributed by atoms with Crippen molar-refractivity contribution in [3.8, 4) is 11.5 Å². The number of aryl methyl sites for hydroxylation is 1. The van der Waals surface area contributed by atoms with Gasteiger partial charge in [0.1, 0.15) is 11.9 Å². The first-order chi connectivity index (χ1) is 9.97. The van der Waals surface area contributed by atoms with Crippen LogP contribution in [0.15, 0.2) is 24.4 Å². The minimum Gasteiger partial charge on any atom is -0.493 e. The third-order valence-corrected chi connectivity index (χ3v) is 3.43. The number of nitrogens with two attached hydrogens (primary N) is 1. The zero-order valence-corrected chi connectivity index (χ0v) is 12.8. The number of hydrogen-bond donors (Lipinski definition) is 2. The fraction of sp³-hybridized carbons (Fsp3) is 0.267. The van der Waals surface area contributed by atoms with Crippen LogP contribution in [0.3, 0.4) is 0 Å². The van der Waals surface area contributed by atoms with E-state index in [4.69, 9.17) is 26.8 Å². The molecule has 1 heterocycles. The zero-order chi connectivity index (χ0) is 15.6. The fourth-order valence-electron chi connectivity index (χ4n) is 2.10. The first-order valence-corrected chi connectivity index (χ1v) is 6.67. The van der Waals surface area contributed by atoms with Gasteiger partial charge in [0.25, 0.3) is 0 Å². The number of rotatable bonds is 4. The summed E-state index contributed by atoms with van der Waals surface area (Å²) in [4.78, 5) is 4.05. The Balaban J connectivity index is 2.50. The van der Waals surface area contributed by atoms with E-state index >= 15 is 0 Å². The van der Waals surface area contributed by atoms with Crippen molar-refractivity contribution in [3.63, 3.8) is 0 Å². The predicted molar refractivity (Wildman–Crippen MR) is 82.0 cm³/mol. The predicted octanol–water partition coefficient (Wildman–Crippen LogP) is 2.72. The number of anilines is 1. The van der Waals surface area contributed by atoms with Crippen molar-refractivity contribution in [1.29, 1.82) is 0 Å². The topological polar surface area (TPSA) is 77.6 Å². The Hall–Kier alpha value is -1.98. The summed E-state index contributed by atoms with van der Waals surface area (Å²) in [6, 6.07) is 5.07. The van der Waals surface area contributed by atoms with Crippen LogP contribution >= 0.6 is 11.6 Å². The summed E-state index contributed by atoms with van der Waals surface area (Å²) < 4.78 is 10.4. The summed E-state index contributed by atoms with van der Waals surface area (Å²) >= 11 is 6.15. The lowest BCUT2D eigenvalue weighted by atomic mass is 10.0. The van der Waals surface area contributed by atoms with E-state index in [0.29, 0.717) is 27.6 Å². The van der Waals surface area contributed by atoms with E-state index in [9.17, 15) is 5.11 Å². The molecule has 0 aliphatic heterocycles. The highest BCUT2D eigenvalue weighted by Crippen LogP contribution is 2.39. The number of benzene rings is 1. The van der Waals surface area contributed by atoms with Gasteiger partial charge in [-0.3, -0.25) is 0 Å². The molecule has 3 N–H and O–H groups in total. The zero-order valence-electron chi connectivity index (χ0n) is 12.1. The van der Waals surface area contributed by atoms with Crippen molar-refractivity contribution in [3.05, 3.63) is 46.1 Å². The van der Waals surface area contributed by atoms with Crippen molar-refractivity contribution >= 4 is 17.4 Å². The van der Waals surface area contributed by atoms with Crippen molar-refractivity contribution in [2.45, 2.75) is 13.0 Å². The Morgan fingerprint density at radius 2 is 1.95 bits per heavy atom. The average Bonchev–Trinajstić information content (AvgIpc) is 2.48. The Kier molecular flexibility index (Phi) is 4.55. The lowest BCUT2D eigenvalue weighted by molar-refractivity contribution is 0.220. The van der Waals surface area contributed by atoms with Crippen LogP contribution in [0.25, 0.3) is 0 Å². The van der Waals surface area contributed by atoms with Crippen molar-refractivity contribution in [2.24, 2.45) is 0 Å². The molecule has 2 aromatic rings. The van der Waals surface area contributed by atoms with Gasteiger partial charge in [-0.05, 0) is 36.2 Å². The summed E-state index contributed by atoms with van der Waals surface area (Å²) in [7, 11) is 3.01. The molecule has 21 heavy (non-hydrogen) atoms. The highest BCUT2D eigenvalue weighted by atomic mass is 35.5. The number of pyridine rings is 1. The molecule has 0 radical (unpaired) electrons. The molecule has 0 aliphatic carbocycles. The monoisotopic (exact) mass is 308 g/mol. The smallest absolute Gasteiger partial charge is 0.179 e. The molecule has 6 heteroatoms. The maximum atomic E-state index is 10.5. The number of nitrogens with zero attached hydrogens (tertiary/aromatic N) is 1. The Bertz CT molecular complexity index is 662. The molecule has 1 aromatic heterocycles. The summed E-state index contributed by atoms with van der Waals surface area (Å²) in [5.74, 6) is 1.14. The summed E-state index contributed by atoms with van der Waals surface area (Å²) in [5.41, 5.74) is 7.82.